The average Bonchev–Trinajstić information content (AvgIpc) is 3.30. The molecule has 0 saturated carbocycles. The maximum atomic E-state index is 4.65. The second kappa shape index (κ2) is 13.4. The van der Waals surface area contributed by atoms with Gasteiger partial charge in [-0.3, -0.25) is 0 Å². The van der Waals surface area contributed by atoms with E-state index in [0.717, 1.165) is 11.4 Å². The van der Waals surface area contributed by atoms with Gasteiger partial charge in [-0.15, -0.1) is 22.7 Å². The Kier molecular flexibility index (Phi) is 11.1. The molecule has 4 heteroatoms. The van der Waals surface area contributed by atoms with Crippen LogP contribution in [0.3, 0.4) is 0 Å². The van der Waals surface area contributed by atoms with Crippen molar-refractivity contribution in [2.75, 3.05) is 0 Å². The molecule has 0 amide bonds. The van der Waals surface area contributed by atoms with Crippen LogP contribution in [0.25, 0.3) is 9.88 Å². The first-order valence-corrected chi connectivity index (χ1v) is 12.4. The van der Waals surface area contributed by atoms with Crippen LogP contribution in [0.2, 0.25) is 0 Å². The summed E-state index contributed by atoms with van der Waals surface area (Å²) in [4.78, 5) is 12.0. The predicted octanol–water partition coefficient (Wildman–Crippen LogP) is 8.07. The molecule has 0 N–H and O–H groups in total. The number of unbranched alkanes of at least 4 members (excludes halogenated alkanes) is 10. The number of hydrogen-bond donors (Lipinski definition) is 0. The molecule has 2 heterocycles. The van der Waals surface area contributed by atoms with Gasteiger partial charge in [-0.05, 0) is 25.7 Å². The molecule has 0 aliphatic carbocycles. The summed E-state index contributed by atoms with van der Waals surface area (Å²) in [5.41, 5.74) is 0. The lowest BCUT2D eigenvalue weighted by molar-refractivity contribution is 0.607. The number of aromatic nitrogens is 2. The van der Waals surface area contributed by atoms with Crippen molar-refractivity contribution >= 4 is 22.7 Å². The summed E-state index contributed by atoms with van der Waals surface area (Å²) < 4.78 is 0. The quantitative estimate of drug-likeness (QED) is 0.286. The molecule has 0 bridgehead atoms. The van der Waals surface area contributed by atoms with Crippen LogP contribution in [-0.2, 0) is 12.8 Å². The molecular formula is C22H36N2S2. The highest BCUT2D eigenvalue weighted by atomic mass is 32.1. The molecule has 0 spiro atoms. The topological polar surface area (TPSA) is 25.8 Å². The largest absolute Gasteiger partial charge is 0.249 e. The van der Waals surface area contributed by atoms with Crippen molar-refractivity contribution in [1.82, 2.24) is 9.97 Å². The molecule has 2 aromatic rings. The van der Waals surface area contributed by atoms with Gasteiger partial charge in [0.2, 0.25) is 0 Å². The monoisotopic (exact) mass is 392 g/mol. The first-order chi connectivity index (χ1) is 12.8. The molecule has 0 saturated heterocycles. The third kappa shape index (κ3) is 8.30. The minimum Gasteiger partial charge on any atom is -0.249 e. The molecule has 0 aliphatic rings. The van der Waals surface area contributed by atoms with Crippen molar-refractivity contribution in [2.45, 2.75) is 104 Å². The first kappa shape index (κ1) is 21.6. The lowest BCUT2D eigenvalue weighted by atomic mass is 10.1. The van der Waals surface area contributed by atoms with E-state index < -0.39 is 0 Å². The van der Waals surface area contributed by atoms with Crippen molar-refractivity contribution in [3.63, 3.8) is 0 Å². The third-order valence-electron chi connectivity index (χ3n) is 4.84. The van der Waals surface area contributed by atoms with Gasteiger partial charge in [0.1, 0.15) is 5.01 Å². The van der Waals surface area contributed by atoms with Gasteiger partial charge < -0.3 is 0 Å². The zero-order chi connectivity index (χ0) is 18.5. The summed E-state index contributed by atoms with van der Waals surface area (Å²) in [5.74, 6) is 0. The van der Waals surface area contributed by atoms with Crippen LogP contribution in [0.4, 0.5) is 0 Å². The van der Waals surface area contributed by atoms with E-state index in [9.17, 15) is 0 Å². The summed E-state index contributed by atoms with van der Waals surface area (Å²) >= 11 is 3.71. The molecule has 2 nitrogen and oxygen atoms in total. The summed E-state index contributed by atoms with van der Waals surface area (Å²) in [5, 5.41) is 2.45. The van der Waals surface area contributed by atoms with E-state index in [1.54, 1.807) is 0 Å². The highest BCUT2D eigenvalue weighted by Crippen LogP contribution is 2.31. The van der Waals surface area contributed by atoms with Gasteiger partial charge in [0.25, 0.3) is 0 Å². The van der Waals surface area contributed by atoms with Gasteiger partial charge in [-0.25, -0.2) is 9.97 Å². The number of rotatable bonds is 15. The molecular weight excluding hydrogens is 356 g/mol. The average molecular weight is 393 g/mol. The van der Waals surface area contributed by atoms with Crippen LogP contribution < -0.4 is 0 Å². The fourth-order valence-corrected chi connectivity index (χ4v) is 5.16. The van der Waals surface area contributed by atoms with Gasteiger partial charge in [-0.1, -0.05) is 78.1 Å². The van der Waals surface area contributed by atoms with Gasteiger partial charge in [0, 0.05) is 17.3 Å². The Morgan fingerprint density at radius 2 is 1.27 bits per heavy atom. The standard InChI is InChI=1S/C22H36N2S2/c1-3-5-7-9-11-13-15-19-17-24-22(25-19)20-18-23-21(26-20)16-14-12-10-8-6-4-2/h17-18H,3-16H2,1-2H3. The zero-order valence-corrected chi connectivity index (χ0v) is 18.4. The van der Waals surface area contributed by atoms with Gasteiger partial charge in [-0.2, -0.15) is 0 Å². The number of hydrogen-bond acceptors (Lipinski definition) is 4. The van der Waals surface area contributed by atoms with Crippen molar-refractivity contribution in [3.8, 4) is 9.88 Å². The maximum Gasteiger partial charge on any atom is 0.135 e. The molecule has 26 heavy (non-hydrogen) atoms. The van der Waals surface area contributed by atoms with E-state index in [4.69, 9.17) is 0 Å². The van der Waals surface area contributed by atoms with Crippen molar-refractivity contribution in [2.24, 2.45) is 0 Å². The van der Waals surface area contributed by atoms with Gasteiger partial charge in [0.05, 0.1) is 9.88 Å². The Morgan fingerprint density at radius 1 is 0.654 bits per heavy atom. The normalized spacial score (nSPS) is 11.3. The zero-order valence-electron chi connectivity index (χ0n) is 16.8. The second-order valence-corrected chi connectivity index (χ2v) is 9.52. The van der Waals surface area contributed by atoms with Gasteiger partial charge in [0.15, 0.2) is 0 Å². The lowest BCUT2D eigenvalue weighted by Crippen LogP contribution is -1.84. The number of thiazole rings is 2. The third-order valence-corrected chi connectivity index (χ3v) is 7.12. The van der Waals surface area contributed by atoms with Crippen LogP contribution in [0.15, 0.2) is 12.4 Å². The lowest BCUT2D eigenvalue weighted by Gasteiger charge is -1.98. The van der Waals surface area contributed by atoms with Crippen molar-refractivity contribution in [3.05, 3.63) is 22.3 Å². The summed E-state index contributed by atoms with van der Waals surface area (Å²) in [6, 6.07) is 0. The van der Waals surface area contributed by atoms with Crippen LogP contribution in [0.1, 0.15) is 101 Å². The van der Waals surface area contributed by atoms with E-state index in [1.807, 2.05) is 28.9 Å². The second-order valence-electron chi connectivity index (χ2n) is 7.29. The van der Waals surface area contributed by atoms with E-state index in [0.29, 0.717) is 0 Å². The molecule has 0 radical (unpaired) electrons. The van der Waals surface area contributed by atoms with Crippen LogP contribution in [0, 0.1) is 0 Å². The first-order valence-electron chi connectivity index (χ1n) is 10.7. The summed E-state index contributed by atoms with van der Waals surface area (Å²) in [6.07, 6.45) is 22.7. The molecule has 0 aromatic carbocycles. The van der Waals surface area contributed by atoms with E-state index in [2.05, 4.69) is 30.0 Å². The highest BCUT2D eigenvalue weighted by molar-refractivity contribution is 7.21. The Bertz CT molecular complexity index is 536. The van der Waals surface area contributed by atoms with Crippen molar-refractivity contribution < 1.29 is 0 Å². The van der Waals surface area contributed by atoms with Crippen LogP contribution in [0.5, 0.6) is 0 Å². The molecule has 0 aliphatic heterocycles. The fraction of sp³-hybridized carbons (Fsp3) is 0.727. The minimum atomic E-state index is 1.13. The van der Waals surface area contributed by atoms with Crippen LogP contribution >= 0.6 is 22.7 Å². The van der Waals surface area contributed by atoms with Gasteiger partial charge >= 0.3 is 0 Å². The van der Waals surface area contributed by atoms with E-state index in [-0.39, 0.29) is 0 Å². The summed E-state index contributed by atoms with van der Waals surface area (Å²) in [7, 11) is 0. The summed E-state index contributed by atoms with van der Waals surface area (Å²) in [6.45, 7) is 4.55. The number of aryl methyl sites for hydroxylation is 2. The molecule has 2 rings (SSSR count). The molecule has 0 atom stereocenters. The highest BCUT2D eigenvalue weighted by Gasteiger charge is 2.09. The van der Waals surface area contributed by atoms with Crippen molar-refractivity contribution in [1.29, 1.82) is 0 Å². The minimum absolute atomic E-state index is 1.13. The van der Waals surface area contributed by atoms with E-state index in [1.165, 1.54) is 98.2 Å². The van der Waals surface area contributed by atoms with E-state index >= 15 is 0 Å². The molecule has 2 aromatic heterocycles. The Morgan fingerprint density at radius 3 is 1.96 bits per heavy atom. The number of nitrogens with zero attached hydrogens (tertiary/aromatic N) is 2. The molecule has 0 unspecified atom stereocenters. The fourth-order valence-electron chi connectivity index (χ4n) is 3.20. The Hall–Kier alpha value is -0.740. The molecule has 0 fully saturated rings. The molecule has 146 valence electrons. The van der Waals surface area contributed by atoms with Crippen LogP contribution in [-0.4, -0.2) is 9.97 Å². The maximum absolute atomic E-state index is 4.65. The SMILES string of the molecule is CCCCCCCCc1cnc(-c2cnc(CCCCCCCC)s2)s1. The smallest absolute Gasteiger partial charge is 0.135 e. The Balaban J connectivity index is 1.67. The predicted molar refractivity (Wildman–Crippen MR) is 117 cm³/mol. The Labute approximate surface area is 168 Å².